The van der Waals surface area contributed by atoms with E-state index >= 15 is 0 Å². The number of nitrogens with two attached hydrogens (primary N) is 1. The molecule has 0 aliphatic carbocycles. The van der Waals surface area contributed by atoms with Gasteiger partial charge in [-0.25, -0.2) is 13.2 Å². The normalized spacial score (nSPS) is 17.7. The fourth-order valence-corrected chi connectivity index (χ4v) is 4.67. The molecule has 1 heterocycles. The number of amides is 3. The second-order valence-corrected chi connectivity index (χ2v) is 8.51. The van der Waals surface area contributed by atoms with E-state index in [1.165, 1.54) is 9.21 Å². The maximum atomic E-state index is 12.5. The molecule has 1 aliphatic heterocycles. The number of sulfonamides is 1. The summed E-state index contributed by atoms with van der Waals surface area (Å²) in [4.78, 5) is 25.3. The maximum Gasteiger partial charge on any atom is 0.314 e. The summed E-state index contributed by atoms with van der Waals surface area (Å²) in [5.74, 6) is -0.394. The van der Waals surface area contributed by atoms with E-state index in [0.717, 1.165) is 18.4 Å². The average Bonchev–Trinajstić information content (AvgIpc) is 2.67. The molecule has 9 heteroatoms. The summed E-state index contributed by atoms with van der Waals surface area (Å²) in [5.41, 5.74) is 6.10. The van der Waals surface area contributed by atoms with Gasteiger partial charge in [0.1, 0.15) is 0 Å². The van der Waals surface area contributed by atoms with Crippen molar-refractivity contribution in [1.29, 1.82) is 0 Å². The van der Waals surface area contributed by atoms with Gasteiger partial charge in [0.15, 0.2) is 0 Å². The summed E-state index contributed by atoms with van der Waals surface area (Å²) in [6, 6.07) is 6.02. The second kappa shape index (κ2) is 9.18. The number of likely N-dealkylation sites (tertiary alicyclic amines) is 1. The first-order valence-electron chi connectivity index (χ1n) is 9.20. The van der Waals surface area contributed by atoms with Crippen LogP contribution in [0.2, 0.25) is 0 Å². The van der Waals surface area contributed by atoms with Gasteiger partial charge in [0.25, 0.3) is 0 Å². The van der Waals surface area contributed by atoms with Gasteiger partial charge in [-0.05, 0) is 30.5 Å². The second-order valence-electron chi connectivity index (χ2n) is 6.57. The Morgan fingerprint density at radius 3 is 2.41 bits per heavy atom. The number of carbonyl (C=O) groups is 2. The van der Waals surface area contributed by atoms with Gasteiger partial charge in [-0.1, -0.05) is 26.0 Å². The van der Waals surface area contributed by atoms with Crippen LogP contribution in [0.25, 0.3) is 0 Å². The molecule has 1 aromatic carbocycles. The zero-order valence-electron chi connectivity index (χ0n) is 15.8. The topological polar surface area (TPSA) is 113 Å². The van der Waals surface area contributed by atoms with Crippen LogP contribution in [0.15, 0.2) is 29.2 Å². The van der Waals surface area contributed by atoms with Gasteiger partial charge in [-0.3, -0.25) is 4.79 Å². The molecule has 1 aliphatic rings. The van der Waals surface area contributed by atoms with Crippen LogP contribution in [-0.2, 0) is 21.4 Å². The van der Waals surface area contributed by atoms with Crippen molar-refractivity contribution in [1.82, 2.24) is 14.5 Å². The lowest BCUT2D eigenvalue weighted by atomic mass is 9.97. The Hall–Kier alpha value is -2.13. The highest BCUT2D eigenvalue weighted by molar-refractivity contribution is 7.89. The van der Waals surface area contributed by atoms with Gasteiger partial charge in [-0.15, -0.1) is 0 Å². The van der Waals surface area contributed by atoms with E-state index in [1.807, 2.05) is 0 Å². The summed E-state index contributed by atoms with van der Waals surface area (Å²) in [6.45, 7) is 5.66. The molecule has 0 unspecified atom stereocenters. The molecule has 1 atom stereocenters. The predicted octanol–water partition coefficient (Wildman–Crippen LogP) is 1.12. The van der Waals surface area contributed by atoms with Gasteiger partial charge < -0.3 is 16.0 Å². The van der Waals surface area contributed by atoms with Crippen LogP contribution >= 0.6 is 0 Å². The molecule has 0 bridgehead atoms. The van der Waals surface area contributed by atoms with Gasteiger partial charge in [-0.2, -0.15) is 4.31 Å². The zero-order valence-corrected chi connectivity index (χ0v) is 16.7. The number of hydrogen-bond donors (Lipinski definition) is 2. The number of rotatable bonds is 7. The first-order valence-corrected chi connectivity index (χ1v) is 10.6. The minimum atomic E-state index is -3.48. The van der Waals surface area contributed by atoms with Crippen LogP contribution in [0, 0.1) is 5.92 Å². The van der Waals surface area contributed by atoms with E-state index in [4.69, 9.17) is 5.73 Å². The van der Waals surface area contributed by atoms with E-state index in [2.05, 4.69) is 5.32 Å². The Morgan fingerprint density at radius 1 is 1.22 bits per heavy atom. The van der Waals surface area contributed by atoms with Crippen molar-refractivity contribution in [3.8, 4) is 0 Å². The van der Waals surface area contributed by atoms with Crippen LogP contribution in [0.5, 0.6) is 0 Å². The Bertz CT molecular complexity index is 760. The molecule has 27 heavy (non-hydrogen) atoms. The summed E-state index contributed by atoms with van der Waals surface area (Å²) in [7, 11) is -3.48. The summed E-state index contributed by atoms with van der Waals surface area (Å²) in [5, 5.41) is 2.85. The number of benzene rings is 1. The number of nitrogens with one attached hydrogen (secondary N) is 1. The van der Waals surface area contributed by atoms with Crippen molar-refractivity contribution in [3.05, 3.63) is 29.8 Å². The minimum Gasteiger partial charge on any atom is -0.352 e. The van der Waals surface area contributed by atoms with Crippen LogP contribution in [-0.4, -0.2) is 55.7 Å². The predicted molar refractivity (Wildman–Crippen MR) is 102 cm³/mol. The molecular weight excluding hydrogens is 368 g/mol. The quantitative estimate of drug-likeness (QED) is 0.719. The van der Waals surface area contributed by atoms with Crippen LogP contribution in [0.4, 0.5) is 4.79 Å². The van der Waals surface area contributed by atoms with E-state index in [1.54, 1.807) is 38.1 Å². The molecule has 8 nitrogen and oxygen atoms in total. The highest BCUT2D eigenvalue weighted by Crippen LogP contribution is 2.18. The van der Waals surface area contributed by atoms with Gasteiger partial charge in [0, 0.05) is 32.7 Å². The lowest BCUT2D eigenvalue weighted by Crippen LogP contribution is -2.47. The van der Waals surface area contributed by atoms with Gasteiger partial charge >= 0.3 is 6.03 Å². The van der Waals surface area contributed by atoms with Gasteiger partial charge in [0.05, 0.1) is 10.8 Å². The molecule has 0 saturated carbocycles. The Balaban J connectivity index is 1.95. The molecule has 1 aromatic rings. The van der Waals surface area contributed by atoms with Crippen molar-refractivity contribution in [2.24, 2.45) is 11.7 Å². The number of carbonyl (C=O) groups excluding carboxylic acids is 2. The summed E-state index contributed by atoms with van der Waals surface area (Å²) in [6.07, 6.45) is 1.47. The lowest BCUT2D eigenvalue weighted by Gasteiger charge is -2.30. The smallest absolute Gasteiger partial charge is 0.314 e. The standard InChI is InChI=1S/C18H28N4O4S/c1-3-22(4-2)27(25,26)16-9-7-14(8-10-16)12-20-17(23)15-6-5-11-21(13-15)18(19)24/h7-10,15H,3-6,11-13H2,1-2H3,(H2,19,24)(H,20,23)/t15-/m1/s1. The maximum absolute atomic E-state index is 12.5. The molecule has 1 fully saturated rings. The highest BCUT2D eigenvalue weighted by Gasteiger charge is 2.27. The van der Waals surface area contributed by atoms with Crippen LogP contribution < -0.4 is 11.1 Å². The molecule has 2 rings (SSSR count). The molecule has 0 aromatic heterocycles. The largest absolute Gasteiger partial charge is 0.352 e. The zero-order chi connectivity index (χ0) is 20.0. The van der Waals surface area contributed by atoms with Crippen LogP contribution in [0.1, 0.15) is 32.3 Å². The summed E-state index contributed by atoms with van der Waals surface area (Å²) >= 11 is 0. The Morgan fingerprint density at radius 2 is 1.85 bits per heavy atom. The third-order valence-electron chi connectivity index (χ3n) is 4.84. The van der Waals surface area contributed by atoms with Crippen molar-refractivity contribution in [3.63, 3.8) is 0 Å². The van der Waals surface area contributed by atoms with Crippen molar-refractivity contribution < 1.29 is 18.0 Å². The van der Waals surface area contributed by atoms with E-state index < -0.39 is 16.1 Å². The van der Waals surface area contributed by atoms with Crippen LogP contribution in [0.3, 0.4) is 0 Å². The number of piperidine rings is 1. The fourth-order valence-electron chi connectivity index (χ4n) is 3.22. The fraction of sp³-hybridized carbons (Fsp3) is 0.556. The Kier molecular flexibility index (Phi) is 7.20. The average molecular weight is 397 g/mol. The number of nitrogens with zero attached hydrogens (tertiary/aromatic N) is 2. The highest BCUT2D eigenvalue weighted by atomic mass is 32.2. The monoisotopic (exact) mass is 396 g/mol. The third kappa shape index (κ3) is 5.20. The molecule has 3 amide bonds. The molecule has 150 valence electrons. The Labute approximate surface area is 160 Å². The molecule has 0 radical (unpaired) electrons. The van der Waals surface area contributed by atoms with Crippen molar-refractivity contribution in [2.75, 3.05) is 26.2 Å². The molecule has 0 spiro atoms. The van der Waals surface area contributed by atoms with E-state index in [9.17, 15) is 18.0 Å². The number of primary amides is 1. The molecular formula is C18H28N4O4S. The SMILES string of the molecule is CCN(CC)S(=O)(=O)c1ccc(CNC(=O)[C@@H]2CCCN(C(N)=O)C2)cc1. The van der Waals surface area contributed by atoms with Gasteiger partial charge in [0.2, 0.25) is 15.9 Å². The number of hydrogen-bond acceptors (Lipinski definition) is 4. The number of urea groups is 1. The third-order valence-corrected chi connectivity index (χ3v) is 6.90. The van der Waals surface area contributed by atoms with Crippen molar-refractivity contribution >= 4 is 22.0 Å². The van der Waals surface area contributed by atoms with Crippen molar-refractivity contribution in [2.45, 2.75) is 38.1 Å². The first-order chi connectivity index (χ1) is 12.8. The lowest BCUT2D eigenvalue weighted by molar-refractivity contribution is -0.126. The van der Waals surface area contributed by atoms with E-state index in [0.29, 0.717) is 32.7 Å². The van der Waals surface area contributed by atoms with E-state index in [-0.39, 0.29) is 16.7 Å². The summed E-state index contributed by atoms with van der Waals surface area (Å²) < 4.78 is 26.4. The molecule has 3 N–H and O–H groups in total. The first kappa shape index (κ1) is 21.2. The minimum absolute atomic E-state index is 0.124. The molecule has 1 saturated heterocycles.